The Morgan fingerprint density at radius 2 is 1.11 bits per heavy atom. The van der Waals surface area contributed by atoms with E-state index in [1.807, 2.05) is 11.3 Å². The number of para-hydroxylation sites is 1. The quantitative estimate of drug-likeness (QED) is 0.177. The second kappa shape index (κ2) is 11.8. The highest BCUT2D eigenvalue weighted by molar-refractivity contribution is 7.26. The van der Waals surface area contributed by atoms with Crippen LogP contribution in [0.15, 0.2) is 180 Å². The number of hydrogen-bond donors (Lipinski definition) is 0. The van der Waals surface area contributed by atoms with Gasteiger partial charge in [-0.2, -0.15) is 0 Å². The minimum atomic E-state index is -0.128. The fraction of sp³-hybridized carbons (Fsp3) is 0.0588. The number of anilines is 3. The third kappa shape index (κ3) is 4.65. The standard InChI is InChI=1S/C51H35NOS/c1-51(2)45-20-9-6-15-37(45)38-28-27-35(31-46(38)51)52(34-25-23-33(24-26-34)32-13-4-3-5-14-32)36-29-43-39-16-7-10-21-47(39)53-49(43)44(30-36)42-19-12-18-41-40-17-8-11-22-48(40)54-50(41)42/h3-31H,1-2H3. The molecule has 0 amide bonds. The predicted molar refractivity (Wildman–Crippen MR) is 230 cm³/mol. The summed E-state index contributed by atoms with van der Waals surface area (Å²) in [5, 5.41) is 4.79. The van der Waals surface area contributed by atoms with Gasteiger partial charge in [0.15, 0.2) is 0 Å². The van der Waals surface area contributed by atoms with Crippen molar-refractivity contribution >= 4 is 70.5 Å². The Morgan fingerprint density at radius 1 is 0.444 bits per heavy atom. The maximum Gasteiger partial charge on any atom is 0.143 e. The Kier molecular flexibility index (Phi) is 6.80. The number of fused-ring (bicyclic) bond motifs is 9. The Bertz CT molecular complexity index is 3080. The van der Waals surface area contributed by atoms with E-state index in [2.05, 4.69) is 195 Å². The number of nitrogens with zero attached hydrogens (tertiary/aromatic N) is 1. The summed E-state index contributed by atoms with van der Waals surface area (Å²) < 4.78 is 9.34. The molecule has 0 N–H and O–H groups in total. The van der Waals surface area contributed by atoms with Crippen molar-refractivity contribution in [3.63, 3.8) is 0 Å². The first-order chi connectivity index (χ1) is 26.5. The van der Waals surface area contributed by atoms with E-state index < -0.39 is 0 Å². The molecule has 0 radical (unpaired) electrons. The average molecular weight is 710 g/mol. The molecule has 1 aliphatic rings. The Labute approximate surface area is 318 Å². The van der Waals surface area contributed by atoms with Crippen LogP contribution >= 0.6 is 11.3 Å². The van der Waals surface area contributed by atoms with E-state index in [4.69, 9.17) is 4.42 Å². The van der Waals surface area contributed by atoms with Gasteiger partial charge >= 0.3 is 0 Å². The van der Waals surface area contributed by atoms with Gasteiger partial charge in [-0.05, 0) is 81.9 Å². The predicted octanol–water partition coefficient (Wildman–Crippen LogP) is 15.1. The van der Waals surface area contributed by atoms with Crippen molar-refractivity contribution in [2.45, 2.75) is 19.3 Å². The lowest BCUT2D eigenvalue weighted by atomic mass is 9.82. The van der Waals surface area contributed by atoms with Crippen LogP contribution in [0.4, 0.5) is 17.1 Å². The summed E-state index contributed by atoms with van der Waals surface area (Å²) in [4.78, 5) is 2.43. The lowest BCUT2D eigenvalue weighted by Crippen LogP contribution is -2.16. The molecule has 0 aliphatic heterocycles. The molecule has 2 heterocycles. The molecule has 0 unspecified atom stereocenters. The summed E-state index contributed by atoms with van der Waals surface area (Å²) in [6.45, 7) is 4.71. The van der Waals surface area contributed by atoms with E-state index in [9.17, 15) is 0 Å². The molecule has 0 saturated heterocycles. The topological polar surface area (TPSA) is 16.4 Å². The molecular formula is C51H35NOS. The maximum absolute atomic E-state index is 6.78. The van der Waals surface area contributed by atoms with Crippen molar-refractivity contribution < 1.29 is 4.42 Å². The van der Waals surface area contributed by atoms with E-state index in [0.29, 0.717) is 0 Å². The fourth-order valence-corrected chi connectivity index (χ4v) is 10.0. The summed E-state index contributed by atoms with van der Waals surface area (Å²) in [5.41, 5.74) is 15.0. The van der Waals surface area contributed by atoms with E-state index in [1.165, 1.54) is 59.1 Å². The first-order valence-corrected chi connectivity index (χ1v) is 19.4. The molecule has 2 aromatic heterocycles. The lowest BCUT2D eigenvalue weighted by molar-refractivity contribution is 0.660. The molecule has 1 aliphatic carbocycles. The molecular weight excluding hydrogens is 675 g/mol. The van der Waals surface area contributed by atoms with Gasteiger partial charge in [0.2, 0.25) is 0 Å². The Balaban J connectivity index is 1.18. The van der Waals surface area contributed by atoms with Crippen molar-refractivity contribution in [2.24, 2.45) is 0 Å². The number of rotatable bonds is 5. The highest BCUT2D eigenvalue weighted by Crippen LogP contribution is 2.52. The zero-order valence-electron chi connectivity index (χ0n) is 30.0. The Morgan fingerprint density at radius 3 is 1.98 bits per heavy atom. The summed E-state index contributed by atoms with van der Waals surface area (Å²) in [7, 11) is 0. The number of furan rings is 1. The van der Waals surface area contributed by atoms with Crippen LogP contribution in [-0.4, -0.2) is 0 Å². The normalized spacial score (nSPS) is 13.1. The van der Waals surface area contributed by atoms with Crippen LogP contribution in [0.1, 0.15) is 25.0 Å². The monoisotopic (exact) mass is 709 g/mol. The van der Waals surface area contributed by atoms with Gasteiger partial charge in [-0.1, -0.05) is 141 Å². The smallest absolute Gasteiger partial charge is 0.143 e. The third-order valence-electron chi connectivity index (χ3n) is 11.5. The van der Waals surface area contributed by atoms with E-state index in [0.717, 1.165) is 44.6 Å². The van der Waals surface area contributed by atoms with E-state index >= 15 is 0 Å². The van der Waals surface area contributed by atoms with Crippen LogP contribution in [0.5, 0.6) is 0 Å². The second-order valence-corrected chi connectivity index (χ2v) is 15.9. The van der Waals surface area contributed by atoms with E-state index in [-0.39, 0.29) is 5.41 Å². The summed E-state index contributed by atoms with van der Waals surface area (Å²) >= 11 is 1.86. The summed E-state index contributed by atoms with van der Waals surface area (Å²) in [5.74, 6) is 0. The average Bonchev–Trinajstić information content (AvgIpc) is 3.86. The molecule has 0 fully saturated rings. The largest absolute Gasteiger partial charge is 0.455 e. The lowest BCUT2D eigenvalue weighted by Gasteiger charge is -2.29. The highest BCUT2D eigenvalue weighted by atomic mass is 32.1. The van der Waals surface area contributed by atoms with Crippen LogP contribution in [0.2, 0.25) is 0 Å². The van der Waals surface area contributed by atoms with Gasteiger partial charge in [0.25, 0.3) is 0 Å². The molecule has 0 saturated carbocycles. The van der Waals surface area contributed by atoms with Gasteiger partial charge in [0, 0.05) is 64.5 Å². The van der Waals surface area contributed by atoms with Crippen LogP contribution < -0.4 is 4.90 Å². The SMILES string of the molecule is CC1(C)c2ccccc2-c2ccc(N(c3ccc(-c4ccccc4)cc3)c3cc(-c4cccc5c4sc4ccccc45)c4oc5ccccc5c4c3)cc21. The molecule has 3 heteroatoms. The van der Waals surface area contributed by atoms with Crippen molar-refractivity contribution in [3.8, 4) is 33.4 Å². The van der Waals surface area contributed by atoms with Gasteiger partial charge in [-0.15, -0.1) is 11.3 Å². The van der Waals surface area contributed by atoms with Crippen LogP contribution in [-0.2, 0) is 5.41 Å². The van der Waals surface area contributed by atoms with Crippen molar-refractivity contribution in [3.05, 3.63) is 187 Å². The summed E-state index contributed by atoms with van der Waals surface area (Å²) in [6, 6.07) is 64.1. The first kappa shape index (κ1) is 31.1. The second-order valence-electron chi connectivity index (χ2n) is 14.9. The van der Waals surface area contributed by atoms with Crippen LogP contribution in [0, 0.1) is 0 Å². The van der Waals surface area contributed by atoms with Gasteiger partial charge < -0.3 is 9.32 Å². The van der Waals surface area contributed by atoms with E-state index in [1.54, 1.807) is 0 Å². The number of hydrogen-bond acceptors (Lipinski definition) is 3. The number of benzene rings is 8. The zero-order valence-corrected chi connectivity index (χ0v) is 30.8. The molecule has 256 valence electrons. The maximum atomic E-state index is 6.78. The van der Waals surface area contributed by atoms with Gasteiger partial charge in [-0.25, -0.2) is 0 Å². The van der Waals surface area contributed by atoms with Crippen LogP contribution in [0.3, 0.4) is 0 Å². The molecule has 54 heavy (non-hydrogen) atoms. The minimum Gasteiger partial charge on any atom is -0.455 e. The molecule has 2 nitrogen and oxygen atoms in total. The minimum absolute atomic E-state index is 0.128. The molecule has 8 aromatic carbocycles. The zero-order chi connectivity index (χ0) is 36.0. The number of thiophene rings is 1. The fourth-order valence-electron chi connectivity index (χ4n) is 8.81. The first-order valence-electron chi connectivity index (χ1n) is 18.6. The van der Waals surface area contributed by atoms with Gasteiger partial charge in [-0.3, -0.25) is 0 Å². The third-order valence-corrected chi connectivity index (χ3v) is 12.7. The van der Waals surface area contributed by atoms with Gasteiger partial charge in [0.1, 0.15) is 11.2 Å². The van der Waals surface area contributed by atoms with Gasteiger partial charge in [0.05, 0.1) is 0 Å². The van der Waals surface area contributed by atoms with Crippen molar-refractivity contribution in [1.82, 2.24) is 0 Å². The molecule has 11 rings (SSSR count). The van der Waals surface area contributed by atoms with Crippen molar-refractivity contribution in [1.29, 1.82) is 0 Å². The van der Waals surface area contributed by atoms with Crippen molar-refractivity contribution in [2.75, 3.05) is 4.90 Å². The molecule has 10 aromatic rings. The molecule has 0 spiro atoms. The Hall–Kier alpha value is -6.42. The molecule has 0 bridgehead atoms. The van der Waals surface area contributed by atoms with Crippen LogP contribution in [0.25, 0.3) is 75.5 Å². The molecule has 0 atom stereocenters. The highest BCUT2D eigenvalue weighted by Gasteiger charge is 2.36. The summed E-state index contributed by atoms with van der Waals surface area (Å²) in [6.07, 6.45) is 0.